The van der Waals surface area contributed by atoms with Gasteiger partial charge in [0.05, 0.1) is 0 Å². The Labute approximate surface area is 155 Å². The van der Waals surface area contributed by atoms with E-state index in [1.165, 1.54) is 0 Å². The molecular weight excluding hydrogens is 338 g/mol. The molecule has 0 spiro atoms. The topological polar surface area (TPSA) is 75.4 Å². The first-order valence-electron chi connectivity index (χ1n) is 9.03. The second-order valence-electron chi connectivity index (χ2n) is 7.04. The molecule has 1 aliphatic heterocycles. The highest BCUT2D eigenvalue weighted by Gasteiger charge is 2.26. The second-order valence-corrected chi connectivity index (χ2v) is 7.04. The van der Waals surface area contributed by atoms with Gasteiger partial charge in [-0.25, -0.2) is 0 Å². The lowest BCUT2D eigenvalue weighted by molar-refractivity contribution is -0.124. The number of rotatable bonds is 5. The first kappa shape index (κ1) is 19.7. The monoisotopic (exact) mass is 365 g/mol. The highest BCUT2D eigenvalue weighted by molar-refractivity contribution is 5.94. The Hall–Kier alpha value is -1.59. The second kappa shape index (κ2) is 9.20. The van der Waals surface area contributed by atoms with Crippen molar-refractivity contribution in [1.29, 1.82) is 0 Å². The number of likely N-dealkylation sites (tertiary alicyclic amines) is 1. The Morgan fingerprint density at radius 2 is 1.80 bits per heavy atom. The van der Waals surface area contributed by atoms with E-state index in [4.69, 9.17) is 5.73 Å². The minimum absolute atomic E-state index is 0. The fraction of sp³-hybridized carbons (Fsp3) is 0.579. The van der Waals surface area contributed by atoms with Crippen molar-refractivity contribution < 1.29 is 9.59 Å². The van der Waals surface area contributed by atoms with Crippen LogP contribution in [0, 0.1) is 11.8 Å². The van der Waals surface area contributed by atoms with Crippen molar-refractivity contribution in [1.82, 2.24) is 10.2 Å². The number of benzene rings is 1. The summed E-state index contributed by atoms with van der Waals surface area (Å²) in [5, 5.41) is 3.01. The van der Waals surface area contributed by atoms with E-state index in [1.54, 1.807) is 0 Å². The van der Waals surface area contributed by atoms with Gasteiger partial charge in [-0.1, -0.05) is 25.0 Å². The molecule has 2 aliphatic rings. The van der Waals surface area contributed by atoms with Crippen LogP contribution in [0.2, 0.25) is 0 Å². The van der Waals surface area contributed by atoms with Crippen LogP contribution >= 0.6 is 12.4 Å². The van der Waals surface area contributed by atoms with Gasteiger partial charge >= 0.3 is 0 Å². The smallest absolute Gasteiger partial charge is 0.253 e. The lowest BCUT2D eigenvalue weighted by Gasteiger charge is -2.16. The summed E-state index contributed by atoms with van der Waals surface area (Å²) >= 11 is 0. The predicted molar refractivity (Wildman–Crippen MR) is 101 cm³/mol. The molecule has 0 aromatic heterocycles. The number of hydrogen-bond donors (Lipinski definition) is 2. The van der Waals surface area contributed by atoms with Crippen molar-refractivity contribution in [2.75, 3.05) is 19.6 Å². The molecule has 1 aromatic rings. The fourth-order valence-electron chi connectivity index (χ4n) is 3.68. The number of nitrogens with zero attached hydrogens (tertiary/aromatic N) is 1. The molecule has 138 valence electrons. The van der Waals surface area contributed by atoms with Crippen molar-refractivity contribution in [2.45, 2.75) is 38.6 Å². The minimum atomic E-state index is 0. The third-order valence-corrected chi connectivity index (χ3v) is 5.30. The minimum Gasteiger partial charge on any atom is -0.352 e. The van der Waals surface area contributed by atoms with E-state index in [-0.39, 0.29) is 30.1 Å². The standard InChI is InChI=1S/C19H27N3O2.ClH/c20-11-15-9-10-22(13-15)19(24)17-7-5-14(6-8-17)12-21-18(23)16-3-1-2-4-16;/h5-8,15-16H,1-4,9-13,20H2,(H,21,23);1H. The quantitative estimate of drug-likeness (QED) is 0.840. The lowest BCUT2D eigenvalue weighted by Crippen LogP contribution is -2.30. The summed E-state index contributed by atoms with van der Waals surface area (Å²) in [5.41, 5.74) is 7.42. The van der Waals surface area contributed by atoms with Crippen LogP contribution < -0.4 is 11.1 Å². The van der Waals surface area contributed by atoms with Gasteiger partial charge in [0.1, 0.15) is 0 Å². The van der Waals surface area contributed by atoms with E-state index in [0.717, 1.165) is 50.8 Å². The maximum Gasteiger partial charge on any atom is 0.253 e. The first-order chi connectivity index (χ1) is 11.7. The third kappa shape index (κ3) is 4.95. The van der Waals surface area contributed by atoms with Gasteiger partial charge in [-0.05, 0) is 49.4 Å². The highest BCUT2D eigenvalue weighted by Crippen LogP contribution is 2.24. The van der Waals surface area contributed by atoms with Crippen LogP contribution in [0.3, 0.4) is 0 Å². The van der Waals surface area contributed by atoms with Crippen LogP contribution in [0.25, 0.3) is 0 Å². The van der Waals surface area contributed by atoms with Gasteiger partial charge in [0, 0.05) is 31.1 Å². The maximum atomic E-state index is 12.5. The SMILES string of the molecule is Cl.NCC1CCN(C(=O)c2ccc(CNC(=O)C3CCCC3)cc2)C1. The number of hydrogen-bond acceptors (Lipinski definition) is 3. The van der Waals surface area contributed by atoms with Gasteiger partial charge < -0.3 is 16.0 Å². The first-order valence-corrected chi connectivity index (χ1v) is 9.03. The summed E-state index contributed by atoms with van der Waals surface area (Å²) in [4.78, 5) is 26.4. The van der Waals surface area contributed by atoms with E-state index < -0.39 is 0 Å². The Kier molecular flexibility index (Phi) is 7.26. The molecule has 0 bridgehead atoms. The van der Waals surface area contributed by atoms with Gasteiger partial charge in [-0.2, -0.15) is 0 Å². The largest absolute Gasteiger partial charge is 0.352 e. The molecule has 1 saturated carbocycles. The lowest BCUT2D eigenvalue weighted by atomic mass is 10.1. The van der Waals surface area contributed by atoms with Gasteiger partial charge in [0.25, 0.3) is 5.91 Å². The van der Waals surface area contributed by atoms with Crippen molar-refractivity contribution in [2.24, 2.45) is 17.6 Å². The zero-order chi connectivity index (χ0) is 16.9. The van der Waals surface area contributed by atoms with Crippen LogP contribution in [0.4, 0.5) is 0 Å². The van der Waals surface area contributed by atoms with Gasteiger partial charge in [0.2, 0.25) is 5.91 Å². The maximum absolute atomic E-state index is 12.5. The number of nitrogens with two attached hydrogens (primary N) is 1. The predicted octanol–water partition coefficient (Wildman–Crippen LogP) is 2.34. The Morgan fingerprint density at radius 1 is 1.12 bits per heavy atom. The average Bonchev–Trinajstić information content (AvgIpc) is 3.30. The molecule has 1 aromatic carbocycles. The average molecular weight is 366 g/mol. The molecular formula is C19H28ClN3O2. The molecule has 5 nitrogen and oxygen atoms in total. The zero-order valence-electron chi connectivity index (χ0n) is 14.6. The van der Waals surface area contributed by atoms with E-state index in [0.29, 0.717) is 24.6 Å². The molecule has 1 aliphatic carbocycles. The molecule has 0 radical (unpaired) electrons. The third-order valence-electron chi connectivity index (χ3n) is 5.30. The summed E-state index contributed by atoms with van der Waals surface area (Å²) in [7, 11) is 0. The summed E-state index contributed by atoms with van der Waals surface area (Å²) in [6.45, 7) is 2.72. The number of carbonyl (C=O) groups is 2. The fourth-order valence-corrected chi connectivity index (χ4v) is 3.68. The Balaban J connectivity index is 0.00000225. The van der Waals surface area contributed by atoms with Crippen molar-refractivity contribution in [3.63, 3.8) is 0 Å². The molecule has 25 heavy (non-hydrogen) atoms. The van der Waals surface area contributed by atoms with Gasteiger partial charge in [0.15, 0.2) is 0 Å². The summed E-state index contributed by atoms with van der Waals surface area (Å²) < 4.78 is 0. The Bertz CT molecular complexity index is 585. The molecule has 6 heteroatoms. The van der Waals surface area contributed by atoms with Crippen LogP contribution in [0.1, 0.15) is 48.0 Å². The van der Waals surface area contributed by atoms with Crippen LogP contribution in [-0.2, 0) is 11.3 Å². The molecule has 1 unspecified atom stereocenters. The highest BCUT2D eigenvalue weighted by atomic mass is 35.5. The molecule has 2 amide bonds. The number of amides is 2. The van der Waals surface area contributed by atoms with Gasteiger partial charge in [-0.3, -0.25) is 9.59 Å². The van der Waals surface area contributed by atoms with Crippen molar-refractivity contribution in [3.05, 3.63) is 35.4 Å². The summed E-state index contributed by atoms with van der Waals surface area (Å²) in [6.07, 6.45) is 5.35. The van der Waals surface area contributed by atoms with Crippen LogP contribution in [0.5, 0.6) is 0 Å². The molecule has 3 N–H and O–H groups in total. The summed E-state index contributed by atoms with van der Waals surface area (Å²) in [6, 6.07) is 7.57. The van der Waals surface area contributed by atoms with E-state index in [2.05, 4.69) is 5.32 Å². The zero-order valence-corrected chi connectivity index (χ0v) is 15.4. The molecule has 3 rings (SSSR count). The normalized spacial score (nSPS) is 20.4. The van der Waals surface area contributed by atoms with Gasteiger partial charge in [-0.15, -0.1) is 12.4 Å². The van der Waals surface area contributed by atoms with Crippen molar-refractivity contribution >= 4 is 24.2 Å². The van der Waals surface area contributed by atoms with Crippen LogP contribution in [-0.4, -0.2) is 36.3 Å². The number of nitrogens with one attached hydrogen (secondary N) is 1. The summed E-state index contributed by atoms with van der Waals surface area (Å²) in [5.74, 6) is 0.862. The molecule has 1 saturated heterocycles. The van der Waals surface area contributed by atoms with Crippen LogP contribution in [0.15, 0.2) is 24.3 Å². The molecule has 2 fully saturated rings. The number of carbonyl (C=O) groups excluding carboxylic acids is 2. The molecule has 1 atom stereocenters. The van der Waals surface area contributed by atoms with E-state index in [9.17, 15) is 9.59 Å². The van der Waals surface area contributed by atoms with E-state index >= 15 is 0 Å². The van der Waals surface area contributed by atoms with Crippen molar-refractivity contribution in [3.8, 4) is 0 Å². The number of halogens is 1. The van der Waals surface area contributed by atoms with E-state index in [1.807, 2.05) is 29.2 Å². The Morgan fingerprint density at radius 3 is 2.40 bits per heavy atom. The molecule has 1 heterocycles.